The standard InChI is InChI=1S/C22H16ClN5/c1-13-2-4-14(5-3-13)21-26-20-11-16(23)6-8-18(20)22(27-21)25-17-7-9-19-15(10-17)12-24-28-19/h2-12H,1H3,(H,24,28)(H,25,26,27). The van der Waals surface area contributed by atoms with Crippen molar-refractivity contribution >= 4 is 44.9 Å². The van der Waals surface area contributed by atoms with Crippen LogP contribution in [0.5, 0.6) is 0 Å². The third-order valence-electron chi connectivity index (χ3n) is 4.67. The van der Waals surface area contributed by atoms with E-state index in [0.29, 0.717) is 10.8 Å². The van der Waals surface area contributed by atoms with E-state index in [1.54, 1.807) is 6.20 Å². The number of rotatable bonds is 3. The zero-order valence-electron chi connectivity index (χ0n) is 15.1. The minimum absolute atomic E-state index is 0.645. The quantitative estimate of drug-likeness (QED) is 0.407. The van der Waals surface area contributed by atoms with E-state index in [2.05, 4.69) is 34.6 Å². The molecule has 0 aliphatic rings. The van der Waals surface area contributed by atoms with Crippen LogP contribution in [-0.2, 0) is 0 Å². The number of benzene rings is 3. The highest BCUT2D eigenvalue weighted by Gasteiger charge is 2.11. The summed E-state index contributed by atoms with van der Waals surface area (Å²) in [7, 11) is 0. The number of nitrogens with zero attached hydrogens (tertiary/aromatic N) is 3. The first kappa shape index (κ1) is 16.7. The normalized spacial score (nSPS) is 11.2. The van der Waals surface area contributed by atoms with Crippen LogP contribution in [0.1, 0.15) is 5.56 Å². The van der Waals surface area contributed by atoms with E-state index in [4.69, 9.17) is 21.6 Å². The summed E-state index contributed by atoms with van der Waals surface area (Å²) in [4.78, 5) is 9.53. The summed E-state index contributed by atoms with van der Waals surface area (Å²) >= 11 is 6.21. The molecule has 136 valence electrons. The number of aryl methyl sites for hydroxylation is 1. The maximum Gasteiger partial charge on any atom is 0.162 e. The maximum absolute atomic E-state index is 6.21. The minimum atomic E-state index is 0.645. The first-order valence-electron chi connectivity index (χ1n) is 8.90. The van der Waals surface area contributed by atoms with E-state index >= 15 is 0 Å². The Morgan fingerprint density at radius 1 is 0.929 bits per heavy atom. The Labute approximate surface area is 166 Å². The number of anilines is 2. The molecule has 0 radical (unpaired) electrons. The third kappa shape index (κ3) is 3.06. The van der Waals surface area contributed by atoms with Crippen LogP contribution in [0.4, 0.5) is 11.5 Å². The second-order valence-corrected chi connectivity index (χ2v) is 7.16. The number of H-pyrrole nitrogens is 1. The molecule has 0 amide bonds. The molecule has 0 saturated carbocycles. The zero-order chi connectivity index (χ0) is 19.1. The molecule has 5 aromatic rings. The fraction of sp³-hybridized carbons (Fsp3) is 0.0455. The van der Waals surface area contributed by atoms with Crippen LogP contribution in [0, 0.1) is 6.92 Å². The highest BCUT2D eigenvalue weighted by molar-refractivity contribution is 6.31. The van der Waals surface area contributed by atoms with Gasteiger partial charge in [-0.15, -0.1) is 0 Å². The minimum Gasteiger partial charge on any atom is -0.340 e. The van der Waals surface area contributed by atoms with Crippen molar-refractivity contribution < 1.29 is 0 Å². The highest BCUT2D eigenvalue weighted by atomic mass is 35.5. The highest BCUT2D eigenvalue weighted by Crippen LogP contribution is 2.30. The van der Waals surface area contributed by atoms with E-state index in [0.717, 1.165) is 38.9 Å². The van der Waals surface area contributed by atoms with Crippen LogP contribution < -0.4 is 5.32 Å². The molecule has 6 heteroatoms. The van der Waals surface area contributed by atoms with E-state index < -0.39 is 0 Å². The second-order valence-electron chi connectivity index (χ2n) is 6.72. The van der Waals surface area contributed by atoms with Gasteiger partial charge in [0.25, 0.3) is 0 Å². The lowest BCUT2D eigenvalue weighted by Crippen LogP contribution is -1.99. The predicted octanol–water partition coefficient (Wildman–Crippen LogP) is 5.88. The van der Waals surface area contributed by atoms with Crippen LogP contribution in [0.15, 0.2) is 66.9 Å². The third-order valence-corrected chi connectivity index (χ3v) is 4.91. The molecule has 0 aliphatic carbocycles. The Kier molecular flexibility index (Phi) is 3.95. The molecule has 0 atom stereocenters. The average Bonchev–Trinajstić information content (AvgIpc) is 3.16. The topological polar surface area (TPSA) is 66.5 Å². The van der Waals surface area contributed by atoms with Gasteiger partial charge in [-0.1, -0.05) is 41.4 Å². The van der Waals surface area contributed by atoms with Gasteiger partial charge in [0, 0.05) is 27.0 Å². The fourth-order valence-corrected chi connectivity index (χ4v) is 3.35. The van der Waals surface area contributed by atoms with Gasteiger partial charge in [0.05, 0.1) is 17.2 Å². The molecular formula is C22H16ClN5. The van der Waals surface area contributed by atoms with Crippen molar-refractivity contribution in [3.63, 3.8) is 0 Å². The van der Waals surface area contributed by atoms with Gasteiger partial charge in [-0.05, 0) is 43.3 Å². The van der Waals surface area contributed by atoms with Gasteiger partial charge >= 0.3 is 0 Å². The molecule has 0 aliphatic heterocycles. The SMILES string of the molecule is Cc1ccc(-c2nc(Nc3ccc4[nH]ncc4c3)c3ccc(Cl)cc3n2)cc1. The predicted molar refractivity (Wildman–Crippen MR) is 114 cm³/mol. The van der Waals surface area contributed by atoms with E-state index in [-0.39, 0.29) is 0 Å². The summed E-state index contributed by atoms with van der Waals surface area (Å²) in [5.41, 5.74) is 4.87. The molecule has 2 N–H and O–H groups in total. The van der Waals surface area contributed by atoms with Crippen LogP contribution in [0.2, 0.25) is 5.02 Å². The molecule has 2 aromatic heterocycles. The summed E-state index contributed by atoms with van der Waals surface area (Å²) in [5, 5.41) is 13.1. The lowest BCUT2D eigenvalue weighted by atomic mass is 10.1. The summed E-state index contributed by atoms with van der Waals surface area (Å²) in [5.74, 6) is 1.39. The van der Waals surface area contributed by atoms with E-state index in [1.807, 2.05) is 48.5 Å². The molecule has 3 aromatic carbocycles. The van der Waals surface area contributed by atoms with Crippen LogP contribution in [0.25, 0.3) is 33.2 Å². The number of nitrogens with one attached hydrogen (secondary N) is 2. The van der Waals surface area contributed by atoms with Gasteiger partial charge in [0.15, 0.2) is 5.82 Å². The summed E-state index contributed by atoms with van der Waals surface area (Å²) < 4.78 is 0. The first-order chi connectivity index (χ1) is 13.7. The van der Waals surface area contributed by atoms with Crippen LogP contribution in [-0.4, -0.2) is 20.2 Å². The Hall–Kier alpha value is -3.44. The van der Waals surface area contributed by atoms with Crippen molar-refractivity contribution in [1.82, 2.24) is 20.2 Å². The molecule has 0 saturated heterocycles. The molecule has 0 spiro atoms. The molecule has 0 bridgehead atoms. The lowest BCUT2D eigenvalue weighted by molar-refractivity contribution is 1.12. The Balaban J connectivity index is 1.65. The van der Waals surface area contributed by atoms with Gasteiger partial charge in [-0.25, -0.2) is 9.97 Å². The van der Waals surface area contributed by atoms with Crippen molar-refractivity contribution in [2.75, 3.05) is 5.32 Å². The van der Waals surface area contributed by atoms with Crippen LogP contribution in [0.3, 0.4) is 0 Å². The largest absolute Gasteiger partial charge is 0.340 e. The second kappa shape index (κ2) is 6.62. The molecule has 2 heterocycles. The maximum atomic E-state index is 6.21. The van der Waals surface area contributed by atoms with Crippen LogP contribution >= 0.6 is 11.6 Å². The smallest absolute Gasteiger partial charge is 0.162 e. The van der Waals surface area contributed by atoms with Crippen molar-refractivity contribution in [3.8, 4) is 11.4 Å². The summed E-state index contributed by atoms with van der Waals surface area (Å²) in [6.07, 6.45) is 1.80. The number of hydrogen-bond acceptors (Lipinski definition) is 4. The zero-order valence-corrected chi connectivity index (χ0v) is 15.8. The van der Waals surface area contributed by atoms with Crippen molar-refractivity contribution in [2.45, 2.75) is 6.92 Å². The number of aromatic amines is 1. The number of halogens is 1. The van der Waals surface area contributed by atoms with Gasteiger partial charge < -0.3 is 5.32 Å². The molecular weight excluding hydrogens is 370 g/mol. The Morgan fingerprint density at radius 3 is 2.64 bits per heavy atom. The Morgan fingerprint density at radius 2 is 1.79 bits per heavy atom. The van der Waals surface area contributed by atoms with Gasteiger partial charge in [0.2, 0.25) is 0 Å². The molecule has 5 nitrogen and oxygen atoms in total. The Bertz CT molecular complexity index is 1310. The first-order valence-corrected chi connectivity index (χ1v) is 9.28. The van der Waals surface area contributed by atoms with Gasteiger partial charge in [-0.3, -0.25) is 5.10 Å². The fourth-order valence-electron chi connectivity index (χ4n) is 3.19. The van der Waals surface area contributed by atoms with Crippen molar-refractivity contribution in [3.05, 3.63) is 77.4 Å². The number of hydrogen-bond donors (Lipinski definition) is 2. The average molecular weight is 386 g/mol. The summed E-state index contributed by atoms with van der Waals surface area (Å²) in [6.45, 7) is 2.06. The van der Waals surface area contributed by atoms with Gasteiger partial charge in [-0.2, -0.15) is 5.10 Å². The molecule has 0 unspecified atom stereocenters. The molecule has 28 heavy (non-hydrogen) atoms. The van der Waals surface area contributed by atoms with Crippen molar-refractivity contribution in [1.29, 1.82) is 0 Å². The van der Waals surface area contributed by atoms with E-state index in [1.165, 1.54) is 5.56 Å². The number of fused-ring (bicyclic) bond motifs is 2. The lowest BCUT2D eigenvalue weighted by Gasteiger charge is -2.12. The van der Waals surface area contributed by atoms with Gasteiger partial charge in [0.1, 0.15) is 5.82 Å². The number of aromatic nitrogens is 4. The molecule has 5 rings (SSSR count). The monoisotopic (exact) mass is 385 g/mol. The van der Waals surface area contributed by atoms with E-state index in [9.17, 15) is 0 Å². The van der Waals surface area contributed by atoms with Crippen molar-refractivity contribution in [2.24, 2.45) is 0 Å². The summed E-state index contributed by atoms with van der Waals surface area (Å²) in [6, 6.07) is 19.8. The molecule has 0 fully saturated rings.